The number of hydrogen-bond donors (Lipinski definition) is 2. The normalized spacial score (nSPS) is 11.3. The van der Waals surface area contributed by atoms with Crippen molar-refractivity contribution in [3.05, 3.63) is 53.1 Å². The molecule has 144 valence electrons. The maximum atomic E-state index is 12.0. The topological polar surface area (TPSA) is 85.9 Å². The predicted octanol–water partition coefficient (Wildman–Crippen LogP) is 2.65. The van der Waals surface area contributed by atoms with Gasteiger partial charge in [0, 0.05) is 5.02 Å². The summed E-state index contributed by atoms with van der Waals surface area (Å²) in [6.07, 6.45) is -0.807. The van der Waals surface area contributed by atoms with Gasteiger partial charge in [0.2, 0.25) is 0 Å². The van der Waals surface area contributed by atoms with Crippen molar-refractivity contribution in [1.82, 2.24) is 10.9 Å². The van der Waals surface area contributed by atoms with Gasteiger partial charge in [-0.05, 0) is 61.9 Å². The summed E-state index contributed by atoms with van der Waals surface area (Å²) in [5.74, 6) is 0.692. The molecule has 8 heteroatoms. The lowest BCUT2D eigenvalue weighted by Gasteiger charge is -2.15. The molecule has 0 aliphatic carbocycles. The fourth-order valence-corrected chi connectivity index (χ4v) is 2.15. The molecule has 2 amide bonds. The number of hydrazine groups is 1. The van der Waals surface area contributed by atoms with Crippen molar-refractivity contribution in [1.29, 1.82) is 0 Å². The molecule has 0 radical (unpaired) electrons. The molecule has 2 rings (SSSR count). The third-order valence-corrected chi connectivity index (χ3v) is 3.99. The maximum absolute atomic E-state index is 12.0. The lowest BCUT2D eigenvalue weighted by Crippen LogP contribution is -2.48. The lowest BCUT2D eigenvalue weighted by atomic mass is 10.2. The van der Waals surface area contributed by atoms with Gasteiger partial charge >= 0.3 is 0 Å². The van der Waals surface area contributed by atoms with Crippen LogP contribution in [0.2, 0.25) is 5.02 Å². The SMILES string of the molecule is COc1ccc(OC(C)C(=O)NNC(=O)COc2ccc(Cl)c(C)c2)cc1. The van der Waals surface area contributed by atoms with Crippen LogP contribution in [-0.2, 0) is 9.59 Å². The molecule has 0 saturated heterocycles. The fraction of sp³-hybridized carbons (Fsp3) is 0.263. The zero-order chi connectivity index (χ0) is 19.8. The summed E-state index contributed by atoms with van der Waals surface area (Å²) in [7, 11) is 1.56. The number of methoxy groups -OCH3 is 1. The van der Waals surface area contributed by atoms with Crippen LogP contribution in [0.3, 0.4) is 0 Å². The van der Waals surface area contributed by atoms with Crippen molar-refractivity contribution in [2.75, 3.05) is 13.7 Å². The zero-order valence-corrected chi connectivity index (χ0v) is 16.0. The minimum Gasteiger partial charge on any atom is -0.497 e. The van der Waals surface area contributed by atoms with Crippen LogP contribution in [0.15, 0.2) is 42.5 Å². The van der Waals surface area contributed by atoms with E-state index in [0.29, 0.717) is 22.3 Å². The molecule has 2 aromatic carbocycles. The summed E-state index contributed by atoms with van der Waals surface area (Å²) in [5, 5.41) is 0.616. The second-order valence-corrected chi connectivity index (χ2v) is 6.08. The van der Waals surface area contributed by atoms with Crippen LogP contribution in [0.4, 0.5) is 0 Å². The highest BCUT2D eigenvalue weighted by atomic mass is 35.5. The van der Waals surface area contributed by atoms with E-state index in [1.165, 1.54) is 0 Å². The van der Waals surface area contributed by atoms with Crippen molar-refractivity contribution >= 4 is 23.4 Å². The van der Waals surface area contributed by atoms with E-state index in [2.05, 4.69) is 10.9 Å². The van der Waals surface area contributed by atoms with Gasteiger partial charge in [0.1, 0.15) is 17.2 Å². The zero-order valence-electron chi connectivity index (χ0n) is 15.2. The molecule has 0 bridgehead atoms. The number of rotatable bonds is 7. The van der Waals surface area contributed by atoms with Gasteiger partial charge in [-0.2, -0.15) is 0 Å². The highest BCUT2D eigenvalue weighted by Crippen LogP contribution is 2.21. The van der Waals surface area contributed by atoms with Crippen LogP contribution in [0.25, 0.3) is 0 Å². The highest BCUT2D eigenvalue weighted by molar-refractivity contribution is 6.31. The molecule has 0 aliphatic rings. The first-order valence-corrected chi connectivity index (χ1v) is 8.55. The molecule has 0 aliphatic heterocycles. The second kappa shape index (κ2) is 9.68. The summed E-state index contributed by atoms with van der Waals surface area (Å²) in [5.41, 5.74) is 5.41. The second-order valence-electron chi connectivity index (χ2n) is 5.67. The largest absolute Gasteiger partial charge is 0.497 e. The first kappa shape index (κ1) is 20.4. The molecular formula is C19H21ClN2O5. The van der Waals surface area contributed by atoms with Crippen molar-refractivity contribution in [3.63, 3.8) is 0 Å². The summed E-state index contributed by atoms with van der Waals surface area (Å²) < 4.78 is 15.9. The Morgan fingerprint density at radius 3 is 2.30 bits per heavy atom. The maximum Gasteiger partial charge on any atom is 0.279 e. The number of carbonyl (C=O) groups excluding carboxylic acids is 2. The molecule has 0 spiro atoms. The molecule has 7 nitrogen and oxygen atoms in total. The van der Waals surface area contributed by atoms with E-state index < -0.39 is 17.9 Å². The summed E-state index contributed by atoms with van der Waals surface area (Å²) >= 11 is 5.93. The van der Waals surface area contributed by atoms with Crippen LogP contribution in [0, 0.1) is 6.92 Å². The molecule has 0 fully saturated rings. The Morgan fingerprint density at radius 2 is 1.67 bits per heavy atom. The van der Waals surface area contributed by atoms with Crippen LogP contribution >= 0.6 is 11.6 Å². The number of carbonyl (C=O) groups is 2. The predicted molar refractivity (Wildman–Crippen MR) is 101 cm³/mol. The molecule has 27 heavy (non-hydrogen) atoms. The molecular weight excluding hydrogens is 372 g/mol. The van der Waals surface area contributed by atoms with E-state index in [9.17, 15) is 9.59 Å². The number of benzene rings is 2. The molecule has 1 unspecified atom stereocenters. The lowest BCUT2D eigenvalue weighted by molar-refractivity contribution is -0.133. The van der Waals surface area contributed by atoms with Gasteiger partial charge in [0.05, 0.1) is 7.11 Å². The standard InChI is InChI=1S/C19H21ClN2O5/c1-12-10-16(8-9-17(12)20)26-11-18(23)21-22-19(24)13(2)27-15-6-4-14(25-3)5-7-15/h4-10,13H,11H2,1-3H3,(H,21,23)(H,22,24). The third kappa shape index (κ3) is 6.38. The first-order chi connectivity index (χ1) is 12.9. The Balaban J connectivity index is 1.74. The van der Waals surface area contributed by atoms with Crippen LogP contribution in [-0.4, -0.2) is 31.6 Å². The number of aryl methyl sites for hydroxylation is 1. The Labute approximate surface area is 162 Å². The van der Waals surface area contributed by atoms with E-state index in [0.717, 1.165) is 5.56 Å². The van der Waals surface area contributed by atoms with Gasteiger partial charge < -0.3 is 14.2 Å². The minimum atomic E-state index is -0.807. The van der Waals surface area contributed by atoms with E-state index in [1.807, 2.05) is 6.92 Å². The molecule has 0 saturated carbocycles. The summed E-state index contributed by atoms with van der Waals surface area (Å²) in [6, 6.07) is 11.9. The van der Waals surface area contributed by atoms with Gasteiger partial charge in [0.25, 0.3) is 11.8 Å². The molecule has 0 heterocycles. The van der Waals surface area contributed by atoms with Gasteiger partial charge in [0.15, 0.2) is 12.7 Å². The molecule has 2 aromatic rings. The monoisotopic (exact) mass is 392 g/mol. The van der Waals surface area contributed by atoms with Gasteiger partial charge in [-0.15, -0.1) is 0 Å². The minimum absolute atomic E-state index is 0.255. The van der Waals surface area contributed by atoms with E-state index in [1.54, 1.807) is 56.5 Å². The summed E-state index contributed by atoms with van der Waals surface area (Å²) in [6.45, 7) is 3.15. The highest BCUT2D eigenvalue weighted by Gasteiger charge is 2.15. The van der Waals surface area contributed by atoms with Crippen molar-refractivity contribution in [2.45, 2.75) is 20.0 Å². The molecule has 1 atom stereocenters. The fourth-order valence-electron chi connectivity index (χ4n) is 2.04. The first-order valence-electron chi connectivity index (χ1n) is 8.17. The van der Waals surface area contributed by atoms with Crippen LogP contribution in [0.5, 0.6) is 17.2 Å². The van der Waals surface area contributed by atoms with Crippen molar-refractivity contribution in [2.24, 2.45) is 0 Å². The Morgan fingerprint density at radius 1 is 1.04 bits per heavy atom. The Bertz CT molecular complexity index is 795. The quantitative estimate of drug-likeness (QED) is 0.707. The van der Waals surface area contributed by atoms with Crippen molar-refractivity contribution in [3.8, 4) is 17.2 Å². The average Bonchev–Trinajstić information content (AvgIpc) is 2.67. The number of nitrogens with one attached hydrogen (secondary N) is 2. The van der Waals surface area contributed by atoms with E-state index in [-0.39, 0.29) is 6.61 Å². The van der Waals surface area contributed by atoms with Gasteiger partial charge in [-0.3, -0.25) is 20.4 Å². The van der Waals surface area contributed by atoms with Gasteiger partial charge in [-0.1, -0.05) is 11.6 Å². The average molecular weight is 393 g/mol. The van der Waals surface area contributed by atoms with Gasteiger partial charge in [-0.25, -0.2) is 0 Å². The number of halogens is 1. The van der Waals surface area contributed by atoms with Crippen molar-refractivity contribution < 1.29 is 23.8 Å². The molecule has 2 N–H and O–H groups in total. The number of amides is 2. The Kier molecular flexibility index (Phi) is 7.31. The molecule has 0 aromatic heterocycles. The summed E-state index contributed by atoms with van der Waals surface area (Å²) in [4.78, 5) is 23.8. The number of ether oxygens (including phenoxy) is 3. The van der Waals surface area contributed by atoms with E-state index >= 15 is 0 Å². The third-order valence-electron chi connectivity index (χ3n) is 3.57. The smallest absolute Gasteiger partial charge is 0.279 e. The van der Waals surface area contributed by atoms with E-state index in [4.69, 9.17) is 25.8 Å². The van der Waals surface area contributed by atoms with Crippen LogP contribution < -0.4 is 25.1 Å². The van der Waals surface area contributed by atoms with Crippen LogP contribution in [0.1, 0.15) is 12.5 Å². The Hall–Kier alpha value is -2.93. The number of hydrogen-bond acceptors (Lipinski definition) is 5.